The van der Waals surface area contributed by atoms with Crippen LogP contribution in [0.2, 0.25) is 0 Å². The number of amides is 2. The Labute approximate surface area is 166 Å². The highest BCUT2D eigenvalue weighted by atomic mass is 32.1. The van der Waals surface area contributed by atoms with Crippen LogP contribution in [0.3, 0.4) is 0 Å². The van der Waals surface area contributed by atoms with Crippen LogP contribution >= 0.6 is 11.3 Å². The summed E-state index contributed by atoms with van der Waals surface area (Å²) in [6.45, 7) is 1.53. The Hall–Kier alpha value is -2.78. The first-order valence-electron chi connectivity index (χ1n) is 8.82. The molecule has 0 bridgehead atoms. The van der Waals surface area contributed by atoms with Gasteiger partial charge in [-0.1, -0.05) is 30.3 Å². The van der Waals surface area contributed by atoms with Crippen LogP contribution in [-0.2, 0) is 19.1 Å². The van der Waals surface area contributed by atoms with Crippen molar-refractivity contribution in [2.75, 3.05) is 46.5 Å². The number of aromatic nitrogens is 1. The Bertz CT molecular complexity index is 833. The summed E-state index contributed by atoms with van der Waals surface area (Å²) in [4.78, 5) is 43.6. The summed E-state index contributed by atoms with van der Waals surface area (Å²) in [5.41, 5.74) is 1.06. The van der Waals surface area contributed by atoms with E-state index < -0.39 is 18.5 Å². The molecule has 0 radical (unpaired) electrons. The van der Waals surface area contributed by atoms with Gasteiger partial charge in [0, 0.05) is 31.1 Å². The summed E-state index contributed by atoms with van der Waals surface area (Å²) in [7, 11) is 1.50. The molecule has 2 heterocycles. The number of likely N-dealkylation sites (N-methyl/N-ethyl adjacent to an activating group) is 1. The van der Waals surface area contributed by atoms with Crippen molar-refractivity contribution in [3.05, 3.63) is 41.4 Å². The molecule has 2 aromatic rings. The molecule has 9 heteroatoms. The first-order chi connectivity index (χ1) is 13.5. The van der Waals surface area contributed by atoms with Crippen LogP contribution in [0.4, 0.5) is 0 Å². The van der Waals surface area contributed by atoms with E-state index in [1.807, 2.05) is 30.3 Å². The van der Waals surface area contributed by atoms with E-state index in [0.29, 0.717) is 31.3 Å². The average Bonchev–Trinajstić information content (AvgIpc) is 3.23. The predicted molar refractivity (Wildman–Crippen MR) is 103 cm³/mol. The van der Waals surface area contributed by atoms with Crippen molar-refractivity contribution in [2.24, 2.45) is 0 Å². The highest BCUT2D eigenvalue weighted by Crippen LogP contribution is 2.23. The lowest BCUT2D eigenvalue weighted by Gasteiger charge is -2.28. The first-order valence-corrected chi connectivity index (χ1v) is 9.70. The SMILES string of the molecule is CN(CC(=O)N1CCOCC1)C(=O)COC(=O)c1csc(-c2ccccc2)n1. The topological polar surface area (TPSA) is 89.0 Å². The third-order valence-corrected chi connectivity index (χ3v) is 5.11. The number of benzene rings is 1. The normalized spacial score (nSPS) is 13.8. The molecule has 0 atom stereocenters. The number of hydrogen-bond acceptors (Lipinski definition) is 7. The summed E-state index contributed by atoms with van der Waals surface area (Å²) < 4.78 is 10.3. The highest BCUT2D eigenvalue weighted by Gasteiger charge is 2.22. The third-order valence-electron chi connectivity index (χ3n) is 4.22. The lowest BCUT2D eigenvalue weighted by Crippen LogP contribution is -2.46. The number of ether oxygens (including phenoxy) is 2. The molecule has 1 aliphatic heterocycles. The van der Waals surface area contributed by atoms with Crippen LogP contribution in [0.25, 0.3) is 10.6 Å². The summed E-state index contributed by atoms with van der Waals surface area (Å²) in [5.74, 6) is -1.27. The fourth-order valence-electron chi connectivity index (χ4n) is 2.60. The second kappa shape index (κ2) is 9.43. The summed E-state index contributed by atoms with van der Waals surface area (Å²) in [6.07, 6.45) is 0. The minimum absolute atomic E-state index is 0.0642. The molecule has 8 nitrogen and oxygen atoms in total. The van der Waals surface area contributed by atoms with Crippen molar-refractivity contribution < 1.29 is 23.9 Å². The number of nitrogens with zero attached hydrogens (tertiary/aromatic N) is 3. The van der Waals surface area contributed by atoms with Gasteiger partial charge in [-0.3, -0.25) is 9.59 Å². The van der Waals surface area contributed by atoms with Gasteiger partial charge in [0.15, 0.2) is 12.3 Å². The second-order valence-electron chi connectivity index (χ2n) is 6.22. The average molecular weight is 403 g/mol. The van der Waals surface area contributed by atoms with Gasteiger partial charge in [0.25, 0.3) is 5.91 Å². The van der Waals surface area contributed by atoms with E-state index in [-0.39, 0.29) is 18.1 Å². The van der Waals surface area contributed by atoms with E-state index in [1.54, 1.807) is 10.3 Å². The molecule has 28 heavy (non-hydrogen) atoms. The lowest BCUT2D eigenvalue weighted by atomic mass is 10.2. The van der Waals surface area contributed by atoms with Gasteiger partial charge in [-0.25, -0.2) is 9.78 Å². The number of carbonyl (C=O) groups excluding carboxylic acids is 3. The van der Waals surface area contributed by atoms with E-state index in [1.165, 1.54) is 23.3 Å². The molecule has 2 amide bonds. The molecule has 1 fully saturated rings. The maximum atomic E-state index is 12.2. The van der Waals surface area contributed by atoms with E-state index in [4.69, 9.17) is 9.47 Å². The zero-order valence-corrected chi connectivity index (χ0v) is 16.3. The van der Waals surface area contributed by atoms with Crippen LogP contribution in [0.15, 0.2) is 35.7 Å². The van der Waals surface area contributed by atoms with E-state index >= 15 is 0 Å². The molecule has 0 spiro atoms. The zero-order valence-electron chi connectivity index (χ0n) is 15.5. The quantitative estimate of drug-likeness (QED) is 0.675. The summed E-state index contributed by atoms with van der Waals surface area (Å²) in [6, 6.07) is 9.48. The van der Waals surface area contributed by atoms with E-state index in [0.717, 1.165) is 5.56 Å². The molecule has 0 N–H and O–H groups in total. The molecule has 1 aromatic heterocycles. The van der Waals surface area contributed by atoms with Crippen LogP contribution in [0, 0.1) is 0 Å². The minimum Gasteiger partial charge on any atom is -0.451 e. The number of hydrogen-bond donors (Lipinski definition) is 0. The monoisotopic (exact) mass is 403 g/mol. The molecule has 0 aliphatic carbocycles. The number of morpholine rings is 1. The Balaban J connectivity index is 1.48. The van der Waals surface area contributed by atoms with Gasteiger partial charge < -0.3 is 19.3 Å². The van der Waals surface area contributed by atoms with Gasteiger partial charge in [0.2, 0.25) is 5.91 Å². The van der Waals surface area contributed by atoms with E-state index in [9.17, 15) is 14.4 Å². The van der Waals surface area contributed by atoms with Gasteiger partial charge in [0.05, 0.1) is 19.8 Å². The van der Waals surface area contributed by atoms with Gasteiger partial charge in [-0.15, -0.1) is 11.3 Å². The molecule has 1 aliphatic rings. The maximum absolute atomic E-state index is 12.2. The van der Waals surface area contributed by atoms with Crippen molar-refractivity contribution in [3.8, 4) is 10.6 Å². The standard InChI is InChI=1S/C19H21N3O5S/c1-21(11-16(23)22-7-9-26-10-8-22)17(24)12-27-19(25)15-13-28-18(20-15)14-5-3-2-4-6-14/h2-6,13H,7-12H2,1H3. The van der Waals surface area contributed by atoms with Crippen LogP contribution in [-0.4, -0.2) is 79.1 Å². The van der Waals surface area contributed by atoms with Crippen molar-refractivity contribution in [1.29, 1.82) is 0 Å². The van der Waals surface area contributed by atoms with E-state index in [2.05, 4.69) is 4.98 Å². The van der Waals surface area contributed by atoms with Crippen molar-refractivity contribution in [2.45, 2.75) is 0 Å². The van der Waals surface area contributed by atoms with Crippen LogP contribution in [0.5, 0.6) is 0 Å². The van der Waals surface area contributed by atoms with Crippen molar-refractivity contribution >= 4 is 29.1 Å². The third kappa shape index (κ3) is 5.14. The lowest BCUT2D eigenvalue weighted by molar-refractivity contribution is -0.143. The maximum Gasteiger partial charge on any atom is 0.358 e. The molecule has 3 rings (SSSR count). The number of rotatable bonds is 6. The molecular weight excluding hydrogens is 382 g/mol. The van der Waals surface area contributed by atoms with Crippen LogP contribution in [0.1, 0.15) is 10.5 Å². The summed E-state index contributed by atoms with van der Waals surface area (Å²) in [5, 5.41) is 2.30. The molecule has 1 aromatic carbocycles. The molecular formula is C19H21N3O5S. The van der Waals surface area contributed by atoms with Gasteiger partial charge in [0.1, 0.15) is 5.01 Å². The molecule has 1 saturated heterocycles. The Kier molecular flexibility index (Phi) is 6.72. The highest BCUT2D eigenvalue weighted by molar-refractivity contribution is 7.13. The number of carbonyl (C=O) groups is 3. The smallest absolute Gasteiger partial charge is 0.358 e. The van der Waals surface area contributed by atoms with Crippen molar-refractivity contribution in [3.63, 3.8) is 0 Å². The Morgan fingerprint density at radius 2 is 1.93 bits per heavy atom. The van der Waals surface area contributed by atoms with Crippen LogP contribution < -0.4 is 0 Å². The second-order valence-corrected chi connectivity index (χ2v) is 7.08. The molecule has 148 valence electrons. The summed E-state index contributed by atoms with van der Waals surface area (Å²) >= 11 is 1.33. The number of thiazole rings is 1. The minimum atomic E-state index is -0.667. The van der Waals surface area contributed by atoms with Gasteiger partial charge >= 0.3 is 5.97 Å². The van der Waals surface area contributed by atoms with Gasteiger partial charge in [-0.05, 0) is 0 Å². The van der Waals surface area contributed by atoms with Gasteiger partial charge in [-0.2, -0.15) is 0 Å². The predicted octanol–water partition coefficient (Wildman–Crippen LogP) is 1.28. The Morgan fingerprint density at radius 3 is 2.64 bits per heavy atom. The van der Waals surface area contributed by atoms with Crippen molar-refractivity contribution in [1.82, 2.24) is 14.8 Å². The zero-order chi connectivity index (χ0) is 19.9. The Morgan fingerprint density at radius 1 is 1.21 bits per heavy atom. The molecule has 0 saturated carbocycles. The fourth-order valence-corrected chi connectivity index (χ4v) is 3.39. The molecule has 0 unspecified atom stereocenters. The fraction of sp³-hybridized carbons (Fsp3) is 0.368. The first kappa shape index (κ1) is 20.0. The number of esters is 1. The largest absolute Gasteiger partial charge is 0.451 e.